The van der Waals surface area contributed by atoms with Gasteiger partial charge >= 0.3 is 0 Å². The molecule has 1 heterocycles. The van der Waals surface area contributed by atoms with Crippen molar-refractivity contribution in [2.75, 3.05) is 26.2 Å². The average molecular weight is 389 g/mol. The van der Waals surface area contributed by atoms with E-state index in [9.17, 15) is 14.4 Å². The van der Waals surface area contributed by atoms with E-state index < -0.39 is 0 Å². The number of carbonyl (C=O) groups excluding carboxylic acids is 3. The Morgan fingerprint density at radius 1 is 1.18 bits per heavy atom. The maximum absolute atomic E-state index is 12.3. The number of amides is 3. The molecule has 28 heavy (non-hydrogen) atoms. The molecule has 0 radical (unpaired) electrons. The summed E-state index contributed by atoms with van der Waals surface area (Å²) < 4.78 is 5.53. The Kier molecular flexibility index (Phi) is 7.05. The van der Waals surface area contributed by atoms with E-state index in [1.807, 2.05) is 52.8 Å². The normalized spacial score (nSPS) is 16.8. The van der Waals surface area contributed by atoms with E-state index in [0.29, 0.717) is 25.4 Å². The molecule has 0 spiro atoms. The molecule has 154 valence electrons. The van der Waals surface area contributed by atoms with Crippen LogP contribution in [0.1, 0.15) is 38.3 Å². The van der Waals surface area contributed by atoms with Crippen molar-refractivity contribution in [1.29, 1.82) is 0 Å². The number of hydrogen-bond donors (Lipinski definition) is 2. The van der Waals surface area contributed by atoms with Crippen molar-refractivity contribution in [1.82, 2.24) is 15.5 Å². The number of nitrogens with one attached hydrogen (secondary N) is 2. The Hall–Kier alpha value is -2.57. The summed E-state index contributed by atoms with van der Waals surface area (Å²) >= 11 is 0. The molecule has 1 unspecified atom stereocenters. The van der Waals surface area contributed by atoms with Crippen molar-refractivity contribution in [2.45, 2.75) is 46.6 Å². The molecule has 2 N–H and O–H groups in total. The Labute approximate surface area is 166 Å². The van der Waals surface area contributed by atoms with E-state index in [2.05, 4.69) is 10.6 Å². The van der Waals surface area contributed by atoms with Gasteiger partial charge in [0.2, 0.25) is 11.8 Å². The minimum absolute atomic E-state index is 0.00417. The van der Waals surface area contributed by atoms with E-state index in [4.69, 9.17) is 4.74 Å². The van der Waals surface area contributed by atoms with Gasteiger partial charge < -0.3 is 20.3 Å². The second-order valence-corrected chi connectivity index (χ2v) is 8.27. The molecular formula is C21H31N3O4. The van der Waals surface area contributed by atoms with E-state index in [1.165, 1.54) is 0 Å². The van der Waals surface area contributed by atoms with E-state index in [1.54, 1.807) is 4.90 Å². The van der Waals surface area contributed by atoms with Crippen LogP contribution in [0.2, 0.25) is 0 Å². The van der Waals surface area contributed by atoms with Crippen LogP contribution in [-0.2, 0) is 14.4 Å². The minimum atomic E-state index is -0.338. The minimum Gasteiger partial charge on any atom is -0.484 e. The van der Waals surface area contributed by atoms with Gasteiger partial charge in [-0.1, -0.05) is 17.7 Å². The molecule has 3 amide bonds. The van der Waals surface area contributed by atoms with Gasteiger partial charge in [0.1, 0.15) is 5.75 Å². The second kappa shape index (κ2) is 9.08. The van der Waals surface area contributed by atoms with Gasteiger partial charge in [-0.25, -0.2) is 0 Å². The standard InChI is InChI=1S/C21H31N3O4/c1-14-6-7-17(15(2)10-14)28-13-18(25)22-8-9-23-20(27)16-11-19(26)24(12-16)21(3,4)5/h6-7,10,16H,8-9,11-13H2,1-5H3,(H,22,25)(H,23,27). The molecule has 0 bridgehead atoms. The Bertz CT molecular complexity index is 740. The molecular weight excluding hydrogens is 358 g/mol. The van der Waals surface area contributed by atoms with Gasteiger partial charge in [-0.05, 0) is 46.2 Å². The van der Waals surface area contributed by atoms with Crippen LogP contribution in [0.15, 0.2) is 18.2 Å². The molecule has 7 nitrogen and oxygen atoms in total. The topological polar surface area (TPSA) is 87.7 Å². The lowest BCUT2D eigenvalue weighted by atomic mass is 10.1. The predicted octanol–water partition coefficient (Wildman–Crippen LogP) is 1.56. The van der Waals surface area contributed by atoms with Crippen LogP contribution in [-0.4, -0.2) is 54.4 Å². The maximum atomic E-state index is 12.3. The lowest BCUT2D eigenvalue weighted by molar-refractivity contribution is -0.132. The zero-order valence-electron chi connectivity index (χ0n) is 17.4. The van der Waals surface area contributed by atoms with Gasteiger partial charge in [0.15, 0.2) is 6.61 Å². The van der Waals surface area contributed by atoms with Crippen molar-refractivity contribution in [3.63, 3.8) is 0 Å². The first kappa shape index (κ1) is 21.7. The monoisotopic (exact) mass is 389 g/mol. The van der Waals surface area contributed by atoms with E-state index in [0.717, 1.165) is 11.1 Å². The molecule has 1 aliphatic heterocycles. The van der Waals surface area contributed by atoms with Gasteiger partial charge in [-0.15, -0.1) is 0 Å². The van der Waals surface area contributed by atoms with Crippen molar-refractivity contribution >= 4 is 17.7 Å². The third-order valence-electron chi connectivity index (χ3n) is 4.74. The van der Waals surface area contributed by atoms with Crippen LogP contribution < -0.4 is 15.4 Å². The number of benzene rings is 1. The highest BCUT2D eigenvalue weighted by atomic mass is 16.5. The molecule has 1 saturated heterocycles. The van der Waals surface area contributed by atoms with Gasteiger partial charge in [0.05, 0.1) is 5.92 Å². The number of ether oxygens (including phenoxy) is 1. The molecule has 1 aliphatic rings. The zero-order chi connectivity index (χ0) is 20.9. The number of rotatable bonds is 7. The van der Waals surface area contributed by atoms with Gasteiger partial charge in [-0.3, -0.25) is 14.4 Å². The number of aryl methyl sites for hydroxylation is 2. The highest BCUT2D eigenvalue weighted by Crippen LogP contribution is 2.25. The SMILES string of the molecule is Cc1ccc(OCC(=O)NCCNC(=O)C2CC(=O)N(C(C)(C)C)C2)c(C)c1. The smallest absolute Gasteiger partial charge is 0.258 e. The summed E-state index contributed by atoms with van der Waals surface area (Å²) in [4.78, 5) is 37.9. The van der Waals surface area contributed by atoms with Crippen LogP contribution in [0.5, 0.6) is 5.75 Å². The Morgan fingerprint density at radius 2 is 1.86 bits per heavy atom. The molecule has 1 atom stereocenters. The molecule has 1 aromatic carbocycles. The third-order valence-corrected chi connectivity index (χ3v) is 4.74. The Morgan fingerprint density at radius 3 is 2.46 bits per heavy atom. The summed E-state index contributed by atoms with van der Waals surface area (Å²) in [6.45, 7) is 10.8. The average Bonchev–Trinajstić information content (AvgIpc) is 3.00. The highest BCUT2D eigenvalue weighted by molar-refractivity contribution is 5.89. The first-order valence-electron chi connectivity index (χ1n) is 9.63. The molecule has 1 aromatic rings. The van der Waals surface area contributed by atoms with Gasteiger partial charge in [-0.2, -0.15) is 0 Å². The van der Waals surface area contributed by atoms with Crippen LogP contribution in [0.3, 0.4) is 0 Å². The van der Waals surface area contributed by atoms with Crippen molar-refractivity contribution in [3.05, 3.63) is 29.3 Å². The summed E-state index contributed by atoms with van der Waals surface area (Å²) in [7, 11) is 0. The third kappa shape index (κ3) is 5.97. The first-order chi connectivity index (χ1) is 13.1. The Balaban J connectivity index is 1.66. The zero-order valence-corrected chi connectivity index (χ0v) is 17.4. The fourth-order valence-corrected chi connectivity index (χ4v) is 3.22. The molecule has 7 heteroatoms. The quantitative estimate of drug-likeness (QED) is 0.693. The lowest BCUT2D eigenvalue weighted by Crippen LogP contribution is -2.43. The number of likely N-dealkylation sites (tertiary alicyclic amines) is 1. The molecule has 2 rings (SSSR count). The predicted molar refractivity (Wildman–Crippen MR) is 107 cm³/mol. The maximum Gasteiger partial charge on any atom is 0.258 e. The molecule has 0 saturated carbocycles. The number of carbonyl (C=O) groups is 3. The van der Waals surface area contributed by atoms with Crippen LogP contribution in [0.25, 0.3) is 0 Å². The summed E-state index contributed by atoms with van der Waals surface area (Å²) in [5.41, 5.74) is 1.84. The molecule has 0 aliphatic carbocycles. The van der Waals surface area contributed by atoms with Gasteiger partial charge in [0, 0.05) is 31.6 Å². The lowest BCUT2D eigenvalue weighted by Gasteiger charge is -2.31. The van der Waals surface area contributed by atoms with Crippen LogP contribution in [0, 0.1) is 19.8 Å². The van der Waals surface area contributed by atoms with Crippen molar-refractivity contribution in [3.8, 4) is 5.75 Å². The van der Waals surface area contributed by atoms with E-state index in [-0.39, 0.29) is 42.2 Å². The largest absolute Gasteiger partial charge is 0.484 e. The van der Waals surface area contributed by atoms with Crippen LogP contribution >= 0.6 is 0 Å². The summed E-state index contributed by atoms with van der Waals surface area (Å²) in [5, 5.41) is 5.50. The summed E-state index contributed by atoms with van der Waals surface area (Å²) in [6.07, 6.45) is 0.235. The summed E-state index contributed by atoms with van der Waals surface area (Å²) in [5.74, 6) is -0.0480. The fraction of sp³-hybridized carbons (Fsp3) is 0.571. The molecule has 0 aromatic heterocycles. The molecule has 1 fully saturated rings. The van der Waals surface area contributed by atoms with Crippen molar-refractivity contribution < 1.29 is 19.1 Å². The van der Waals surface area contributed by atoms with Gasteiger partial charge in [0.25, 0.3) is 5.91 Å². The second-order valence-electron chi connectivity index (χ2n) is 8.27. The number of nitrogens with zero attached hydrogens (tertiary/aromatic N) is 1. The first-order valence-corrected chi connectivity index (χ1v) is 9.63. The van der Waals surface area contributed by atoms with Crippen LogP contribution in [0.4, 0.5) is 0 Å². The number of hydrogen-bond acceptors (Lipinski definition) is 4. The fourth-order valence-electron chi connectivity index (χ4n) is 3.22. The highest BCUT2D eigenvalue weighted by Gasteiger charge is 2.39. The van der Waals surface area contributed by atoms with E-state index >= 15 is 0 Å². The summed E-state index contributed by atoms with van der Waals surface area (Å²) in [6, 6.07) is 5.78. The van der Waals surface area contributed by atoms with Crippen molar-refractivity contribution in [2.24, 2.45) is 5.92 Å².